The number of hydrogen-bond acceptors (Lipinski definition) is 4. The van der Waals surface area contributed by atoms with Crippen LogP contribution in [-0.4, -0.2) is 27.9 Å². The normalized spacial score (nSPS) is 11.4. The van der Waals surface area contributed by atoms with Crippen LogP contribution in [0.3, 0.4) is 0 Å². The first-order valence-corrected chi connectivity index (χ1v) is 6.64. The number of hydrogen-bond donors (Lipinski definition) is 2. The van der Waals surface area contributed by atoms with Crippen molar-refractivity contribution in [3.8, 4) is 0 Å². The van der Waals surface area contributed by atoms with Gasteiger partial charge in [-0.15, -0.1) is 0 Å². The van der Waals surface area contributed by atoms with E-state index in [4.69, 9.17) is 10.5 Å². The van der Waals surface area contributed by atoms with Gasteiger partial charge in [0, 0.05) is 19.8 Å². The summed E-state index contributed by atoms with van der Waals surface area (Å²) in [5.74, 6) is -0.648. The first kappa shape index (κ1) is 13.7. The van der Waals surface area contributed by atoms with E-state index < -0.39 is 15.8 Å². The molecule has 7 heteroatoms. The molecule has 1 rings (SSSR count). The van der Waals surface area contributed by atoms with Gasteiger partial charge in [-0.1, -0.05) is 0 Å². The molecule has 0 saturated carbocycles. The third kappa shape index (κ3) is 4.58. The molecule has 17 heavy (non-hydrogen) atoms. The highest BCUT2D eigenvalue weighted by Crippen LogP contribution is 2.20. The Kier molecular flexibility index (Phi) is 4.71. The summed E-state index contributed by atoms with van der Waals surface area (Å²) in [4.78, 5) is 0. The van der Waals surface area contributed by atoms with E-state index in [1.165, 1.54) is 13.2 Å². The number of nitrogen functional groups attached to an aromatic ring is 1. The quantitative estimate of drug-likeness (QED) is 0.596. The molecular weight excluding hydrogens is 247 g/mol. The zero-order chi connectivity index (χ0) is 12.9. The Labute approximate surface area is 99.8 Å². The fourth-order valence-electron chi connectivity index (χ4n) is 1.23. The van der Waals surface area contributed by atoms with Gasteiger partial charge in [0.15, 0.2) is 0 Å². The van der Waals surface area contributed by atoms with Crippen molar-refractivity contribution in [1.29, 1.82) is 0 Å². The smallest absolute Gasteiger partial charge is 0.232 e. The van der Waals surface area contributed by atoms with Crippen LogP contribution in [0.25, 0.3) is 0 Å². The maximum absolute atomic E-state index is 12.9. The molecule has 5 nitrogen and oxygen atoms in total. The molecule has 0 aliphatic heterocycles. The van der Waals surface area contributed by atoms with Crippen molar-refractivity contribution in [1.82, 2.24) is 0 Å². The van der Waals surface area contributed by atoms with Gasteiger partial charge < -0.3 is 10.5 Å². The van der Waals surface area contributed by atoms with E-state index in [-0.39, 0.29) is 17.1 Å². The van der Waals surface area contributed by atoms with Gasteiger partial charge in [0.2, 0.25) is 10.0 Å². The first-order chi connectivity index (χ1) is 7.94. The molecule has 0 radical (unpaired) electrons. The fraction of sp³-hybridized carbons (Fsp3) is 0.400. The summed E-state index contributed by atoms with van der Waals surface area (Å²) in [5.41, 5.74) is 5.77. The molecule has 0 aliphatic rings. The fourth-order valence-corrected chi connectivity index (χ4v) is 2.34. The van der Waals surface area contributed by atoms with Crippen LogP contribution in [0.4, 0.5) is 15.8 Å². The van der Waals surface area contributed by atoms with Crippen LogP contribution in [0.15, 0.2) is 18.2 Å². The van der Waals surface area contributed by atoms with Crippen LogP contribution < -0.4 is 10.5 Å². The highest BCUT2D eigenvalue weighted by Gasteiger charge is 2.12. The van der Waals surface area contributed by atoms with Crippen molar-refractivity contribution in [3.63, 3.8) is 0 Å². The molecule has 1 aromatic rings. The SMILES string of the molecule is COCCCS(=O)(=O)Nc1cc(F)ccc1N. The van der Waals surface area contributed by atoms with Crippen LogP contribution in [0, 0.1) is 5.82 Å². The molecule has 0 amide bonds. The number of methoxy groups -OCH3 is 1. The Bertz CT molecular complexity index is 476. The van der Waals surface area contributed by atoms with Crippen molar-refractivity contribution >= 4 is 21.4 Å². The predicted octanol–water partition coefficient (Wildman–Crippen LogP) is 1.19. The summed E-state index contributed by atoms with van der Waals surface area (Å²) in [6, 6.07) is 3.52. The number of anilines is 2. The van der Waals surface area contributed by atoms with Crippen molar-refractivity contribution in [2.75, 3.05) is 29.9 Å². The Hall–Kier alpha value is -1.34. The van der Waals surface area contributed by atoms with E-state index in [0.717, 1.165) is 12.1 Å². The minimum atomic E-state index is -3.52. The van der Waals surface area contributed by atoms with Gasteiger partial charge in [-0.2, -0.15) is 0 Å². The van der Waals surface area contributed by atoms with Gasteiger partial charge in [0.05, 0.1) is 17.1 Å². The highest BCUT2D eigenvalue weighted by atomic mass is 32.2. The second kappa shape index (κ2) is 5.83. The number of ether oxygens (including phenoxy) is 1. The maximum Gasteiger partial charge on any atom is 0.232 e. The summed E-state index contributed by atoms with van der Waals surface area (Å²) >= 11 is 0. The number of benzene rings is 1. The molecule has 1 aromatic carbocycles. The van der Waals surface area contributed by atoms with Crippen LogP contribution in [-0.2, 0) is 14.8 Å². The zero-order valence-electron chi connectivity index (χ0n) is 9.44. The highest BCUT2D eigenvalue weighted by molar-refractivity contribution is 7.92. The lowest BCUT2D eigenvalue weighted by atomic mass is 10.3. The Balaban J connectivity index is 2.72. The van der Waals surface area contributed by atoms with Gasteiger partial charge in [-0.3, -0.25) is 4.72 Å². The minimum absolute atomic E-state index is 0.0578. The minimum Gasteiger partial charge on any atom is -0.397 e. The van der Waals surface area contributed by atoms with E-state index in [1.807, 2.05) is 0 Å². The molecule has 0 saturated heterocycles. The summed E-state index contributed by atoms with van der Waals surface area (Å²) in [7, 11) is -2.03. The van der Waals surface area contributed by atoms with Gasteiger partial charge in [-0.05, 0) is 18.6 Å². The molecule has 0 atom stereocenters. The predicted molar refractivity (Wildman–Crippen MR) is 64.7 cm³/mol. The second-order valence-corrected chi connectivity index (χ2v) is 5.34. The van der Waals surface area contributed by atoms with E-state index in [0.29, 0.717) is 13.0 Å². The summed E-state index contributed by atoms with van der Waals surface area (Å²) in [6.45, 7) is 0.347. The largest absolute Gasteiger partial charge is 0.397 e. The van der Waals surface area contributed by atoms with Gasteiger partial charge in [-0.25, -0.2) is 12.8 Å². The maximum atomic E-state index is 12.9. The van der Waals surface area contributed by atoms with Crippen molar-refractivity contribution in [2.45, 2.75) is 6.42 Å². The van der Waals surface area contributed by atoms with Crippen molar-refractivity contribution in [3.05, 3.63) is 24.0 Å². The van der Waals surface area contributed by atoms with E-state index in [1.54, 1.807) is 0 Å². The number of rotatable bonds is 6. The lowest BCUT2D eigenvalue weighted by molar-refractivity contribution is 0.199. The molecular formula is C10H15FN2O3S. The molecule has 0 spiro atoms. The average Bonchev–Trinajstić information content (AvgIpc) is 2.23. The molecule has 96 valence electrons. The van der Waals surface area contributed by atoms with Crippen molar-refractivity contribution < 1.29 is 17.5 Å². The average molecular weight is 262 g/mol. The van der Waals surface area contributed by atoms with Crippen molar-refractivity contribution in [2.24, 2.45) is 0 Å². The molecule has 0 aliphatic carbocycles. The van der Waals surface area contributed by atoms with E-state index in [9.17, 15) is 12.8 Å². The third-order valence-corrected chi connectivity index (χ3v) is 3.40. The topological polar surface area (TPSA) is 81.4 Å². The Morgan fingerprint density at radius 2 is 2.18 bits per heavy atom. The van der Waals surface area contributed by atoms with Gasteiger partial charge >= 0.3 is 0 Å². The Morgan fingerprint density at radius 1 is 1.47 bits per heavy atom. The number of nitrogens with one attached hydrogen (secondary N) is 1. The molecule has 0 fully saturated rings. The van der Waals surface area contributed by atoms with Crippen LogP contribution in [0.1, 0.15) is 6.42 Å². The zero-order valence-corrected chi connectivity index (χ0v) is 10.3. The summed E-state index contributed by atoms with van der Waals surface area (Å²) in [6.07, 6.45) is 0.362. The molecule has 0 heterocycles. The number of sulfonamides is 1. The number of nitrogens with two attached hydrogens (primary N) is 1. The van der Waals surface area contributed by atoms with Crippen LogP contribution >= 0.6 is 0 Å². The molecule has 0 aromatic heterocycles. The first-order valence-electron chi connectivity index (χ1n) is 4.99. The van der Waals surface area contributed by atoms with Crippen LogP contribution in [0.2, 0.25) is 0 Å². The van der Waals surface area contributed by atoms with Gasteiger partial charge in [0.25, 0.3) is 0 Å². The third-order valence-electron chi connectivity index (χ3n) is 2.04. The summed E-state index contributed by atoms with van der Waals surface area (Å²) < 4.78 is 43.1. The second-order valence-electron chi connectivity index (χ2n) is 3.50. The lowest BCUT2D eigenvalue weighted by Crippen LogP contribution is -2.18. The molecule has 0 unspecified atom stereocenters. The van der Waals surface area contributed by atoms with E-state index in [2.05, 4.69) is 4.72 Å². The number of halogens is 1. The lowest BCUT2D eigenvalue weighted by Gasteiger charge is -2.10. The summed E-state index contributed by atoms with van der Waals surface area (Å²) in [5, 5.41) is 0. The van der Waals surface area contributed by atoms with Crippen LogP contribution in [0.5, 0.6) is 0 Å². The standard InChI is InChI=1S/C10H15FN2O3S/c1-16-5-2-6-17(14,15)13-10-7-8(11)3-4-9(10)12/h3-4,7,13H,2,5-6,12H2,1H3. The van der Waals surface area contributed by atoms with Gasteiger partial charge in [0.1, 0.15) is 5.82 Å². The van der Waals surface area contributed by atoms with E-state index >= 15 is 0 Å². The molecule has 0 bridgehead atoms. The molecule has 3 N–H and O–H groups in total. The monoisotopic (exact) mass is 262 g/mol. The Morgan fingerprint density at radius 3 is 2.82 bits per heavy atom.